The summed E-state index contributed by atoms with van der Waals surface area (Å²) in [7, 11) is 0. The number of para-hydroxylation sites is 2. The second-order valence-electron chi connectivity index (χ2n) is 6.60. The number of aromatic nitrogens is 1. The second-order valence-corrected chi connectivity index (χ2v) is 7.46. The fourth-order valence-corrected chi connectivity index (χ4v) is 3.83. The minimum absolute atomic E-state index is 0.255. The third-order valence-corrected chi connectivity index (χ3v) is 5.44. The minimum Gasteiger partial charge on any atom is -0.462 e. The van der Waals surface area contributed by atoms with Gasteiger partial charge in [0.2, 0.25) is 0 Å². The quantitative estimate of drug-likeness (QED) is 0.252. The summed E-state index contributed by atoms with van der Waals surface area (Å²) in [6.45, 7) is 1.99. The average Bonchev–Trinajstić information content (AvgIpc) is 3.29. The number of rotatable bonds is 6. The highest BCUT2D eigenvalue weighted by molar-refractivity contribution is 7.11. The molecule has 32 heavy (non-hydrogen) atoms. The van der Waals surface area contributed by atoms with Crippen LogP contribution in [0.1, 0.15) is 22.3 Å². The van der Waals surface area contributed by atoms with Gasteiger partial charge in [-0.15, -0.1) is 11.3 Å². The van der Waals surface area contributed by atoms with E-state index in [-0.39, 0.29) is 12.2 Å². The fraction of sp³-hybridized carbons (Fsp3) is 0.0833. The largest absolute Gasteiger partial charge is 0.462 e. The number of allylic oxidation sites excluding steroid dienone is 1. The van der Waals surface area contributed by atoms with E-state index in [0.717, 1.165) is 5.39 Å². The number of nitrogens with zero attached hydrogens (tertiary/aromatic N) is 2. The van der Waals surface area contributed by atoms with Crippen LogP contribution in [0.25, 0.3) is 27.8 Å². The highest BCUT2D eigenvalue weighted by Crippen LogP contribution is 2.27. The lowest BCUT2D eigenvalue weighted by Gasteiger charge is -2.08. The van der Waals surface area contributed by atoms with Crippen molar-refractivity contribution >= 4 is 39.5 Å². The molecule has 1 N–H and O–H groups in total. The zero-order valence-electron chi connectivity index (χ0n) is 17.0. The van der Waals surface area contributed by atoms with Crippen LogP contribution in [-0.4, -0.2) is 17.6 Å². The van der Waals surface area contributed by atoms with Crippen molar-refractivity contribution in [3.05, 3.63) is 87.2 Å². The molecule has 0 atom stereocenters. The summed E-state index contributed by atoms with van der Waals surface area (Å²) in [6, 6.07) is 17.9. The number of ether oxygens (including phenoxy) is 1. The Morgan fingerprint density at radius 3 is 2.84 bits per heavy atom. The van der Waals surface area contributed by atoms with E-state index in [1.807, 2.05) is 12.1 Å². The van der Waals surface area contributed by atoms with Crippen LogP contribution in [0.5, 0.6) is 0 Å². The highest BCUT2D eigenvalue weighted by Gasteiger charge is 2.15. The molecule has 0 unspecified atom stereocenters. The maximum absolute atomic E-state index is 12.4. The van der Waals surface area contributed by atoms with Gasteiger partial charge >= 0.3 is 11.6 Å². The van der Waals surface area contributed by atoms with Gasteiger partial charge in [0, 0.05) is 17.0 Å². The van der Waals surface area contributed by atoms with Crippen molar-refractivity contribution in [1.29, 1.82) is 5.26 Å². The summed E-state index contributed by atoms with van der Waals surface area (Å²) in [5.41, 5.74) is 1.87. The van der Waals surface area contributed by atoms with Crippen LogP contribution in [-0.2, 0) is 4.74 Å². The molecule has 4 rings (SSSR count). The molecular formula is C24H17N3O4S. The highest BCUT2D eigenvalue weighted by atomic mass is 32.1. The number of benzene rings is 2. The van der Waals surface area contributed by atoms with Gasteiger partial charge in [0.1, 0.15) is 22.2 Å². The number of thiazole rings is 1. The average molecular weight is 443 g/mol. The molecule has 0 saturated carbocycles. The van der Waals surface area contributed by atoms with Crippen LogP contribution in [0.3, 0.4) is 0 Å². The Morgan fingerprint density at radius 1 is 1.25 bits per heavy atom. The molecule has 158 valence electrons. The normalized spacial score (nSPS) is 11.2. The number of hydrogen-bond donors (Lipinski definition) is 1. The van der Waals surface area contributed by atoms with Gasteiger partial charge in [0.05, 0.1) is 29.1 Å². The van der Waals surface area contributed by atoms with Gasteiger partial charge in [0.25, 0.3) is 0 Å². The number of nitriles is 1. The van der Waals surface area contributed by atoms with Crippen molar-refractivity contribution in [3.63, 3.8) is 0 Å². The fourth-order valence-electron chi connectivity index (χ4n) is 3.05. The van der Waals surface area contributed by atoms with E-state index in [1.54, 1.807) is 54.8 Å². The monoisotopic (exact) mass is 443 g/mol. The van der Waals surface area contributed by atoms with Crippen molar-refractivity contribution in [2.45, 2.75) is 6.92 Å². The molecule has 8 heteroatoms. The summed E-state index contributed by atoms with van der Waals surface area (Å²) >= 11 is 1.23. The smallest absolute Gasteiger partial charge is 0.345 e. The molecule has 7 nitrogen and oxygen atoms in total. The van der Waals surface area contributed by atoms with E-state index >= 15 is 0 Å². The van der Waals surface area contributed by atoms with Crippen LogP contribution < -0.4 is 10.9 Å². The second kappa shape index (κ2) is 9.29. The van der Waals surface area contributed by atoms with Crippen LogP contribution in [0, 0.1) is 11.3 Å². The Labute approximate surface area is 187 Å². The molecule has 4 aromatic rings. The lowest BCUT2D eigenvalue weighted by atomic mass is 10.1. The van der Waals surface area contributed by atoms with Gasteiger partial charge in [-0.2, -0.15) is 5.26 Å². The Balaban J connectivity index is 1.64. The number of fused-ring (bicyclic) bond motifs is 1. The zero-order chi connectivity index (χ0) is 22.5. The molecule has 0 radical (unpaired) electrons. The number of carbonyl (C=O) groups is 1. The van der Waals surface area contributed by atoms with Gasteiger partial charge < -0.3 is 14.5 Å². The van der Waals surface area contributed by atoms with E-state index in [1.165, 1.54) is 17.5 Å². The van der Waals surface area contributed by atoms with Crippen LogP contribution >= 0.6 is 11.3 Å². The number of esters is 1. The first-order valence-electron chi connectivity index (χ1n) is 9.73. The summed E-state index contributed by atoms with van der Waals surface area (Å²) in [4.78, 5) is 29.0. The lowest BCUT2D eigenvalue weighted by molar-refractivity contribution is 0.0527. The third-order valence-electron chi connectivity index (χ3n) is 4.57. The number of carbonyl (C=O) groups excluding carboxylic acids is 1. The van der Waals surface area contributed by atoms with Crippen LogP contribution in [0.2, 0.25) is 0 Å². The van der Waals surface area contributed by atoms with E-state index in [9.17, 15) is 14.9 Å². The van der Waals surface area contributed by atoms with Gasteiger partial charge in [-0.05, 0) is 31.2 Å². The van der Waals surface area contributed by atoms with Crippen molar-refractivity contribution in [1.82, 2.24) is 4.98 Å². The maximum atomic E-state index is 12.4. The molecule has 0 aliphatic heterocycles. The van der Waals surface area contributed by atoms with Crippen LogP contribution in [0.4, 0.5) is 5.69 Å². The molecule has 2 aromatic carbocycles. The van der Waals surface area contributed by atoms with Gasteiger partial charge in [-0.3, -0.25) is 0 Å². The molecule has 2 heterocycles. The molecule has 2 aromatic heterocycles. The standard InChI is InChI=1S/C24H17N3O4S/c1-2-30-23(28)17-8-4-5-9-19(17)26-13-16(12-25)22-27-20(14-32-22)18-11-15-7-3-6-10-21(15)31-24(18)29/h3-11,13-14,26H,2H2,1H3/b16-13+. The number of nitrogens with one attached hydrogen (secondary N) is 1. The van der Waals surface area contributed by atoms with E-state index in [4.69, 9.17) is 9.15 Å². The molecule has 0 spiro atoms. The Kier molecular flexibility index (Phi) is 6.10. The van der Waals surface area contributed by atoms with Gasteiger partial charge in [-0.25, -0.2) is 14.6 Å². The van der Waals surface area contributed by atoms with E-state index < -0.39 is 11.6 Å². The summed E-state index contributed by atoms with van der Waals surface area (Å²) < 4.78 is 10.4. The van der Waals surface area contributed by atoms with E-state index in [2.05, 4.69) is 16.4 Å². The number of hydrogen-bond acceptors (Lipinski definition) is 8. The first kappa shape index (κ1) is 21.0. The molecule has 0 bridgehead atoms. The molecule has 0 amide bonds. The first-order valence-corrected chi connectivity index (χ1v) is 10.6. The van der Waals surface area contributed by atoms with Gasteiger partial charge in [0.15, 0.2) is 0 Å². The third kappa shape index (κ3) is 4.29. The van der Waals surface area contributed by atoms with Gasteiger partial charge in [-0.1, -0.05) is 30.3 Å². The lowest BCUT2D eigenvalue weighted by Crippen LogP contribution is -2.07. The maximum Gasteiger partial charge on any atom is 0.345 e. The summed E-state index contributed by atoms with van der Waals surface area (Å²) in [5, 5.41) is 15.5. The molecule has 0 fully saturated rings. The van der Waals surface area contributed by atoms with Crippen molar-refractivity contribution in [3.8, 4) is 17.3 Å². The molecule has 0 aliphatic carbocycles. The van der Waals surface area contributed by atoms with E-state index in [0.29, 0.717) is 33.1 Å². The topological polar surface area (TPSA) is 105 Å². The Bertz CT molecular complexity index is 1430. The number of anilines is 1. The predicted molar refractivity (Wildman–Crippen MR) is 123 cm³/mol. The minimum atomic E-state index is -0.496. The zero-order valence-corrected chi connectivity index (χ0v) is 17.8. The van der Waals surface area contributed by atoms with Crippen molar-refractivity contribution in [2.75, 3.05) is 11.9 Å². The predicted octanol–water partition coefficient (Wildman–Crippen LogP) is 5.07. The van der Waals surface area contributed by atoms with Crippen molar-refractivity contribution in [2.24, 2.45) is 0 Å². The molecule has 0 aliphatic rings. The first-order chi connectivity index (χ1) is 15.6. The van der Waals surface area contributed by atoms with Crippen LogP contribution in [0.15, 0.2) is 75.4 Å². The van der Waals surface area contributed by atoms with Crippen molar-refractivity contribution < 1.29 is 13.9 Å². The summed E-state index contributed by atoms with van der Waals surface area (Å²) in [6.07, 6.45) is 1.48. The Morgan fingerprint density at radius 2 is 2.03 bits per heavy atom. The summed E-state index contributed by atoms with van der Waals surface area (Å²) in [5.74, 6) is -0.456. The molecular weight excluding hydrogens is 426 g/mol. The molecule has 0 saturated heterocycles. The SMILES string of the molecule is CCOC(=O)c1ccccc1N/C=C(\C#N)c1nc(-c2cc3ccccc3oc2=O)cs1. The Hall–Kier alpha value is -4.22.